The highest BCUT2D eigenvalue weighted by Gasteiger charge is 2.25. The van der Waals surface area contributed by atoms with Gasteiger partial charge < -0.3 is 18.1 Å². The van der Waals surface area contributed by atoms with E-state index in [2.05, 4.69) is 10.0 Å². The average molecular weight is 258 g/mol. The van der Waals surface area contributed by atoms with E-state index in [0.29, 0.717) is 0 Å². The number of hydrogen-bond donors (Lipinski definition) is 1. The molecule has 1 rings (SSSR count). The molecule has 1 aromatic carbocycles. The molecule has 0 atom stereocenters. The molecule has 0 amide bonds. The number of halogens is 3. The number of benzene rings is 1. The van der Waals surface area contributed by atoms with Gasteiger partial charge in [0.15, 0.2) is 0 Å². The summed E-state index contributed by atoms with van der Waals surface area (Å²) in [6, 6.07) is 2.10. The summed E-state index contributed by atoms with van der Waals surface area (Å²) in [4.78, 5) is 13.3. The van der Waals surface area contributed by atoms with Crippen molar-refractivity contribution in [3.63, 3.8) is 0 Å². The largest absolute Gasteiger partial charge is 0.482 e. The summed E-state index contributed by atoms with van der Waals surface area (Å²) in [5.41, 5.74) is 7.63. The summed E-state index contributed by atoms with van der Waals surface area (Å²) in [6.45, 7) is -3.80. The molecule has 5 nitrogen and oxygen atoms in total. The van der Waals surface area contributed by atoms with Gasteiger partial charge in [0, 0.05) is 10.6 Å². The minimum absolute atomic E-state index is 0.0265. The monoisotopic (exact) mass is 258 g/mol. The van der Waals surface area contributed by atoms with Crippen LogP contribution in [0.3, 0.4) is 0 Å². The fraction of sp³-hybridized carbons (Fsp3) is 0.222. The number of rotatable bonds is 4. The highest BCUT2D eigenvalue weighted by molar-refractivity contribution is 6.57. The first kappa shape index (κ1) is 13.9. The Morgan fingerprint density at radius 1 is 1.50 bits per heavy atom. The molecule has 1 N–H and O–H groups in total. The van der Waals surface area contributed by atoms with E-state index in [4.69, 9.17) is 10.6 Å². The third kappa shape index (κ3) is 3.42. The first-order chi connectivity index (χ1) is 8.24. The Morgan fingerprint density at radius 3 is 2.56 bits per heavy atom. The molecule has 0 aromatic heterocycles. The molecule has 0 aliphatic heterocycles. The van der Waals surface area contributed by atoms with Gasteiger partial charge in [-0.15, -0.1) is 0 Å². The van der Waals surface area contributed by atoms with Gasteiger partial charge in [-0.2, -0.15) is 0 Å². The fourth-order valence-electron chi connectivity index (χ4n) is 1.55. The van der Waals surface area contributed by atoms with Gasteiger partial charge in [-0.05, 0) is 24.1 Å². The topological polar surface area (TPSA) is 86.1 Å². The van der Waals surface area contributed by atoms with Crippen LogP contribution >= 0.6 is 0 Å². The highest BCUT2D eigenvalue weighted by Crippen LogP contribution is 2.27. The van der Waals surface area contributed by atoms with Crippen molar-refractivity contribution in [2.45, 2.75) is 13.2 Å². The second kappa shape index (κ2) is 5.01. The van der Waals surface area contributed by atoms with E-state index >= 15 is 0 Å². The molecular formula is C9H8BF3N3O2-. The van der Waals surface area contributed by atoms with E-state index in [1.54, 1.807) is 0 Å². The van der Waals surface area contributed by atoms with Crippen LogP contribution in [0.1, 0.15) is 21.5 Å². The first-order valence-electron chi connectivity index (χ1n) is 4.87. The van der Waals surface area contributed by atoms with Crippen LogP contribution in [0.25, 0.3) is 10.4 Å². The van der Waals surface area contributed by atoms with Crippen LogP contribution in [0.4, 0.5) is 18.6 Å². The number of azide groups is 1. The second-order valence-corrected chi connectivity index (χ2v) is 3.69. The predicted molar refractivity (Wildman–Crippen MR) is 59.7 cm³/mol. The van der Waals surface area contributed by atoms with Gasteiger partial charge in [-0.3, -0.25) is 0 Å². The molecule has 0 aliphatic carbocycles. The van der Waals surface area contributed by atoms with Crippen molar-refractivity contribution in [2.24, 2.45) is 5.11 Å². The molecule has 0 saturated carbocycles. The number of carbonyl (C=O) groups is 1. The minimum Gasteiger partial charge on any atom is -0.478 e. The van der Waals surface area contributed by atoms with Gasteiger partial charge in [0.1, 0.15) is 0 Å². The third-order valence-electron chi connectivity index (χ3n) is 2.34. The predicted octanol–water partition coefficient (Wildman–Crippen LogP) is 3.56. The Bertz CT molecular complexity index is 539. The lowest BCUT2D eigenvalue weighted by atomic mass is 9.79. The SMILES string of the molecule is Cc1c(C[B-](F)(F)F)cc(N=[N+]=[N-])cc1C(=O)O. The van der Waals surface area contributed by atoms with E-state index in [9.17, 15) is 17.7 Å². The Labute approximate surface area is 99.9 Å². The highest BCUT2D eigenvalue weighted by atomic mass is 19.4. The van der Waals surface area contributed by atoms with E-state index in [1.165, 1.54) is 6.92 Å². The van der Waals surface area contributed by atoms with Crippen LogP contribution < -0.4 is 0 Å². The molecule has 0 saturated heterocycles. The molecule has 0 bridgehead atoms. The molecule has 9 heteroatoms. The molecule has 0 unspecified atom stereocenters. The molecule has 0 aliphatic rings. The summed E-state index contributed by atoms with van der Waals surface area (Å²) < 4.78 is 37.2. The molecular weight excluding hydrogens is 250 g/mol. The van der Waals surface area contributed by atoms with Crippen LogP contribution in [0, 0.1) is 6.92 Å². The van der Waals surface area contributed by atoms with Crippen LogP contribution in [-0.2, 0) is 6.32 Å². The Hall–Kier alpha value is -2.15. The van der Waals surface area contributed by atoms with Gasteiger partial charge >= 0.3 is 12.9 Å². The van der Waals surface area contributed by atoms with Gasteiger partial charge in [0.2, 0.25) is 0 Å². The Kier molecular flexibility index (Phi) is 3.87. The van der Waals surface area contributed by atoms with Crippen molar-refractivity contribution in [1.82, 2.24) is 0 Å². The van der Waals surface area contributed by atoms with Crippen LogP contribution in [0.5, 0.6) is 0 Å². The maximum absolute atomic E-state index is 12.4. The number of nitrogens with zero attached hydrogens (tertiary/aromatic N) is 3. The third-order valence-corrected chi connectivity index (χ3v) is 2.34. The normalized spacial score (nSPS) is 10.9. The van der Waals surface area contributed by atoms with Gasteiger partial charge in [0.05, 0.1) is 5.56 Å². The van der Waals surface area contributed by atoms with Crippen molar-refractivity contribution >= 4 is 18.6 Å². The summed E-state index contributed by atoms with van der Waals surface area (Å²) in [7, 11) is 0. The zero-order valence-corrected chi connectivity index (χ0v) is 9.27. The zero-order valence-electron chi connectivity index (χ0n) is 9.27. The van der Waals surface area contributed by atoms with Gasteiger partial charge in [-0.25, -0.2) is 4.79 Å². The van der Waals surface area contributed by atoms with Gasteiger partial charge in [0.25, 0.3) is 0 Å². The smallest absolute Gasteiger partial charge is 0.478 e. The minimum atomic E-state index is -5.09. The Balaban J connectivity index is 3.40. The summed E-state index contributed by atoms with van der Waals surface area (Å²) in [6.07, 6.45) is -1.21. The summed E-state index contributed by atoms with van der Waals surface area (Å²) in [5.74, 6) is -1.36. The van der Waals surface area contributed by atoms with Crippen LogP contribution in [0.2, 0.25) is 0 Å². The Morgan fingerprint density at radius 2 is 2.11 bits per heavy atom. The summed E-state index contributed by atoms with van der Waals surface area (Å²) >= 11 is 0. The second-order valence-electron chi connectivity index (χ2n) is 3.69. The lowest BCUT2D eigenvalue weighted by Crippen LogP contribution is -2.20. The molecule has 96 valence electrons. The van der Waals surface area contributed by atoms with Gasteiger partial charge in [-0.1, -0.05) is 23.1 Å². The molecule has 0 fully saturated rings. The van der Waals surface area contributed by atoms with Crippen molar-refractivity contribution < 1.29 is 22.8 Å². The fourth-order valence-corrected chi connectivity index (χ4v) is 1.55. The van der Waals surface area contributed by atoms with E-state index < -0.39 is 19.3 Å². The van der Waals surface area contributed by atoms with E-state index in [1.807, 2.05) is 0 Å². The maximum atomic E-state index is 12.4. The number of hydrogen-bond acceptors (Lipinski definition) is 2. The average Bonchev–Trinajstić information content (AvgIpc) is 2.20. The molecule has 0 spiro atoms. The van der Waals surface area contributed by atoms with Crippen LogP contribution in [0.15, 0.2) is 17.2 Å². The maximum Gasteiger partial charge on any atom is 0.482 e. The van der Waals surface area contributed by atoms with Crippen molar-refractivity contribution in [2.75, 3.05) is 0 Å². The summed E-state index contributed by atoms with van der Waals surface area (Å²) in [5, 5.41) is 12.0. The lowest BCUT2D eigenvalue weighted by Gasteiger charge is -2.17. The van der Waals surface area contributed by atoms with E-state index in [0.717, 1.165) is 12.1 Å². The lowest BCUT2D eigenvalue weighted by molar-refractivity contribution is 0.0696. The number of aromatic carboxylic acids is 1. The number of carboxylic acid groups (broad SMARTS) is 1. The van der Waals surface area contributed by atoms with E-state index in [-0.39, 0.29) is 22.4 Å². The van der Waals surface area contributed by atoms with Crippen LogP contribution in [-0.4, -0.2) is 18.1 Å². The molecule has 1 aromatic rings. The zero-order chi connectivity index (χ0) is 13.9. The van der Waals surface area contributed by atoms with Crippen molar-refractivity contribution in [1.29, 1.82) is 0 Å². The molecule has 0 heterocycles. The first-order valence-corrected chi connectivity index (χ1v) is 4.87. The molecule has 18 heavy (non-hydrogen) atoms. The standard InChI is InChI=1S/C9H8BF3N3O2/c1-5-6(4-10(11,12)13)2-7(15-16-14)3-8(5)9(17)18/h2-3H,4H2,1H3,(H,17,18)/q-1. The van der Waals surface area contributed by atoms with Crippen molar-refractivity contribution in [3.05, 3.63) is 39.3 Å². The quantitative estimate of drug-likeness (QED) is 0.387. The number of carboxylic acids is 1. The molecule has 0 radical (unpaired) electrons. The van der Waals surface area contributed by atoms with Crippen molar-refractivity contribution in [3.8, 4) is 0 Å².